The largest absolute Gasteiger partial charge is 0.497 e. The number of amides is 1. The Balaban J connectivity index is 1.97. The SMILES string of the molecule is COc1ccc(-n2nc3ccc(NC(C)=O)cc3n2)cc1. The molecule has 0 atom stereocenters. The van der Waals surface area contributed by atoms with Gasteiger partial charge < -0.3 is 10.1 Å². The Morgan fingerprint density at radius 2 is 1.81 bits per heavy atom. The molecule has 21 heavy (non-hydrogen) atoms. The fraction of sp³-hybridized carbons (Fsp3) is 0.133. The van der Waals surface area contributed by atoms with Gasteiger partial charge in [-0.15, -0.1) is 10.2 Å². The van der Waals surface area contributed by atoms with Crippen LogP contribution in [-0.4, -0.2) is 28.0 Å². The molecule has 0 fully saturated rings. The lowest BCUT2D eigenvalue weighted by Gasteiger charge is -2.01. The monoisotopic (exact) mass is 282 g/mol. The number of carbonyl (C=O) groups excluding carboxylic acids is 1. The van der Waals surface area contributed by atoms with Crippen LogP contribution < -0.4 is 10.1 Å². The molecule has 1 N–H and O–H groups in total. The molecule has 0 aliphatic carbocycles. The third-order valence-electron chi connectivity index (χ3n) is 3.00. The van der Waals surface area contributed by atoms with Crippen LogP contribution in [0.3, 0.4) is 0 Å². The summed E-state index contributed by atoms with van der Waals surface area (Å²) in [5.74, 6) is 0.667. The van der Waals surface area contributed by atoms with Crippen LogP contribution in [0.2, 0.25) is 0 Å². The summed E-state index contributed by atoms with van der Waals surface area (Å²) in [6, 6.07) is 12.9. The molecule has 0 bridgehead atoms. The number of rotatable bonds is 3. The zero-order valence-electron chi connectivity index (χ0n) is 11.7. The molecular weight excluding hydrogens is 268 g/mol. The van der Waals surface area contributed by atoms with Crippen molar-refractivity contribution in [2.24, 2.45) is 0 Å². The van der Waals surface area contributed by atoms with E-state index in [-0.39, 0.29) is 5.91 Å². The second-order valence-corrected chi connectivity index (χ2v) is 4.57. The lowest BCUT2D eigenvalue weighted by atomic mass is 10.3. The van der Waals surface area contributed by atoms with Gasteiger partial charge in [0, 0.05) is 12.6 Å². The van der Waals surface area contributed by atoms with Gasteiger partial charge in [-0.1, -0.05) is 0 Å². The van der Waals surface area contributed by atoms with Crippen molar-refractivity contribution in [3.05, 3.63) is 42.5 Å². The molecule has 0 aliphatic rings. The predicted octanol–water partition coefficient (Wildman–Crippen LogP) is 2.39. The van der Waals surface area contributed by atoms with Crippen molar-refractivity contribution in [3.8, 4) is 11.4 Å². The molecule has 1 amide bonds. The lowest BCUT2D eigenvalue weighted by Crippen LogP contribution is -2.05. The first-order valence-electron chi connectivity index (χ1n) is 6.45. The van der Waals surface area contributed by atoms with Gasteiger partial charge in [-0.25, -0.2) is 0 Å². The van der Waals surface area contributed by atoms with E-state index in [1.165, 1.54) is 6.92 Å². The molecule has 1 aromatic heterocycles. The number of nitrogens with zero attached hydrogens (tertiary/aromatic N) is 3. The highest BCUT2D eigenvalue weighted by atomic mass is 16.5. The lowest BCUT2D eigenvalue weighted by molar-refractivity contribution is -0.114. The first kappa shape index (κ1) is 13.1. The van der Waals surface area contributed by atoms with Crippen molar-refractivity contribution >= 4 is 22.6 Å². The van der Waals surface area contributed by atoms with E-state index in [0.29, 0.717) is 5.69 Å². The Labute approximate surface area is 121 Å². The minimum Gasteiger partial charge on any atom is -0.497 e. The van der Waals surface area contributed by atoms with Crippen LogP contribution in [0, 0.1) is 0 Å². The average Bonchev–Trinajstić information content (AvgIpc) is 2.90. The Kier molecular flexibility index (Phi) is 3.27. The normalized spacial score (nSPS) is 10.6. The molecule has 0 saturated carbocycles. The van der Waals surface area contributed by atoms with Gasteiger partial charge in [0.1, 0.15) is 16.8 Å². The van der Waals surface area contributed by atoms with Gasteiger partial charge in [-0.2, -0.15) is 4.80 Å². The molecule has 0 unspecified atom stereocenters. The van der Waals surface area contributed by atoms with Crippen molar-refractivity contribution in [1.29, 1.82) is 0 Å². The van der Waals surface area contributed by atoms with Gasteiger partial charge in [0.2, 0.25) is 5.91 Å². The van der Waals surface area contributed by atoms with Crippen molar-refractivity contribution < 1.29 is 9.53 Å². The van der Waals surface area contributed by atoms with Gasteiger partial charge in [-0.05, 0) is 42.5 Å². The number of anilines is 1. The molecule has 6 nitrogen and oxygen atoms in total. The van der Waals surface area contributed by atoms with Crippen molar-refractivity contribution in [2.75, 3.05) is 12.4 Å². The number of aromatic nitrogens is 3. The Morgan fingerprint density at radius 3 is 2.48 bits per heavy atom. The molecule has 106 valence electrons. The minimum atomic E-state index is -0.114. The van der Waals surface area contributed by atoms with Crippen LogP contribution in [0.5, 0.6) is 5.75 Å². The Hall–Kier alpha value is -2.89. The molecule has 0 aliphatic heterocycles. The smallest absolute Gasteiger partial charge is 0.221 e. The summed E-state index contributed by atoms with van der Waals surface area (Å²) in [7, 11) is 1.62. The van der Waals surface area contributed by atoms with E-state index in [9.17, 15) is 4.79 Å². The number of hydrogen-bond donors (Lipinski definition) is 1. The molecular formula is C15H14N4O2. The number of fused-ring (bicyclic) bond motifs is 1. The van der Waals surface area contributed by atoms with E-state index in [2.05, 4.69) is 15.5 Å². The molecule has 0 spiro atoms. The number of methoxy groups -OCH3 is 1. The van der Waals surface area contributed by atoms with E-state index in [0.717, 1.165) is 22.5 Å². The van der Waals surface area contributed by atoms with Crippen LogP contribution in [0.1, 0.15) is 6.92 Å². The summed E-state index contributed by atoms with van der Waals surface area (Å²) >= 11 is 0. The molecule has 2 aromatic carbocycles. The van der Waals surface area contributed by atoms with Gasteiger partial charge >= 0.3 is 0 Å². The van der Waals surface area contributed by atoms with Gasteiger partial charge in [0.05, 0.1) is 12.8 Å². The number of hydrogen-bond acceptors (Lipinski definition) is 4. The van der Waals surface area contributed by atoms with Crippen molar-refractivity contribution in [1.82, 2.24) is 15.0 Å². The van der Waals surface area contributed by atoms with Gasteiger partial charge in [0.15, 0.2) is 0 Å². The summed E-state index contributed by atoms with van der Waals surface area (Å²) in [5, 5.41) is 11.6. The van der Waals surface area contributed by atoms with Crippen LogP contribution in [0.15, 0.2) is 42.5 Å². The first-order valence-corrected chi connectivity index (χ1v) is 6.45. The van der Waals surface area contributed by atoms with E-state index in [1.54, 1.807) is 24.0 Å². The third kappa shape index (κ3) is 2.69. The van der Waals surface area contributed by atoms with E-state index >= 15 is 0 Å². The standard InChI is InChI=1S/C15H14N4O2/c1-10(20)16-11-3-8-14-15(9-11)18-19(17-14)12-4-6-13(21-2)7-5-12/h3-9H,1-2H3,(H,16,20). The van der Waals surface area contributed by atoms with E-state index in [4.69, 9.17) is 4.74 Å². The number of nitrogens with one attached hydrogen (secondary N) is 1. The first-order chi connectivity index (χ1) is 10.2. The van der Waals surface area contributed by atoms with Gasteiger partial charge in [-0.3, -0.25) is 4.79 Å². The van der Waals surface area contributed by atoms with E-state index < -0.39 is 0 Å². The predicted molar refractivity (Wildman–Crippen MR) is 79.7 cm³/mol. The highest BCUT2D eigenvalue weighted by Gasteiger charge is 2.06. The molecule has 3 rings (SSSR count). The quantitative estimate of drug-likeness (QED) is 0.800. The Morgan fingerprint density at radius 1 is 1.10 bits per heavy atom. The zero-order valence-corrected chi connectivity index (χ0v) is 11.7. The Bertz CT molecular complexity index is 793. The maximum absolute atomic E-state index is 11.1. The van der Waals surface area contributed by atoms with Crippen molar-refractivity contribution in [2.45, 2.75) is 6.92 Å². The fourth-order valence-corrected chi connectivity index (χ4v) is 2.03. The maximum Gasteiger partial charge on any atom is 0.221 e. The molecule has 3 aromatic rings. The summed E-state index contributed by atoms with van der Waals surface area (Å²) in [6.45, 7) is 1.47. The summed E-state index contributed by atoms with van der Waals surface area (Å²) in [4.78, 5) is 12.6. The molecule has 1 heterocycles. The number of ether oxygens (including phenoxy) is 1. The molecule has 0 radical (unpaired) electrons. The second kappa shape index (κ2) is 5.24. The third-order valence-corrected chi connectivity index (χ3v) is 3.00. The summed E-state index contributed by atoms with van der Waals surface area (Å²) < 4.78 is 5.13. The summed E-state index contributed by atoms with van der Waals surface area (Å²) in [6.07, 6.45) is 0. The van der Waals surface area contributed by atoms with E-state index in [1.807, 2.05) is 30.3 Å². The number of benzene rings is 2. The van der Waals surface area contributed by atoms with Crippen LogP contribution >= 0.6 is 0 Å². The highest BCUT2D eigenvalue weighted by molar-refractivity contribution is 5.91. The van der Waals surface area contributed by atoms with Crippen LogP contribution in [-0.2, 0) is 4.79 Å². The van der Waals surface area contributed by atoms with Crippen LogP contribution in [0.25, 0.3) is 16.7 Å². The topological polar surface area (TPSA) is 69.0 Å². The highest BCUT2D eigenvalue weighted by Crippen LogP contribution is 2.19. The zero-order chi connectivity index (χ0) is 14.8. The van der Waals surface area contributed by atoms with Crippen molar-refractivity contribution in [3.63, 3.8) is 0 Å². The second-order valence-electron chi connectivity index (χ2n) is 4.57. The minimum absolute atomic E-state index is 0.114. The summed E-state index contributed by atoms with van der Waals surface area (Å²) in [5.41, 5.74) is 3.03. The average molecular weight is 282 g/mol. The molecule has 6 heteroatoms. The number of carbonyl (C=O) groups is 1. The fourth-order valence-electron chi connectivity index (χ4n) is 2.03. The molecule has 0 saturated heterocycles. The van der Waals surface area contributed by atoms with Crippen LogP contribution in [0.4, 0.5) is 5.69 Å². The van der Waals surface area contributed by atoms with Gasteiger partial charge in [0.25, 0.3) is 0 Å². The maximum atomic E-state index is 11.1.